The molecule has 0 spiro atoms. The predicted molar refractivity (Wildman–Crippen MR) is 599 cm³/mol. The number of hydrogen-bond acceptors (Lipinski definition) is 16. The zero-order valence-corrected chi connectivity index (χ0v) is 89.3. The molecule has 14 aliphatic carbocycles. The average Bonchev–Trinajstić information content (AvgIpc) is 1.55. The lowest BCUT2D eigenvalue weighted by molar-refractivity contribution is -0.225. The van der Waals surface area contributed by atoms with E-state index in [4.69, 9.17) is 75.8 Å². The highest BCUT2D eigenvalue weighted by Gasteiger charge is 2.62. The van der Waals surface area contributed by atoms with Crippen LogP contribution in [0.4, 0.5) is 0 Å². The fourth-order valence-corrected chi connectivity index (χ4v) is 27.6. The van der Waals surface area contributed by atoms with Crippen LogP contribution in [-0.4, -0.2) is 89.6 Å². The Kier molecular flexibility index (Phi) is 38.9. The van der Waals surface area contributed by atoms with Gasteiger partial charge in [0.05, 0.1) is 38.6 Å². The summed E-state index contributed by atoms with van der Waals surface area (Å²) in [6.07, 6.45) is 40.4. The maximum atomic E-state index is 6.47. The SMILES string of the molecule is C=C(C)c1ccc(OC(C)OCCOc2ccc(Oc3ccccc3)cc2)cc1.C=Cc1ccc(OC(C)OC23CC4CC(CC(C4)C2)C3)cc1.C=Cc1ccc(OC(C)OCC23CC4CC(CC(C4)C2)C3)cc1.C=Cc1ccc(OC(C)OCCC2CC3CC2C2C4CCC(C4)C32)cc1.C=Cc1ccc(OC(C)OCCC2CC3CCC2C3)cc1.C=Cc1ccc(OC(C)OCCOc2ccc(Oc3ccccc3)cc2)cc1. The first-order valence-corrected chi connectivity index (χ1v) is 55.6. The second kappa shape index (κ2) is 53.4. The van der Waals surface area contributed by atoms with Crippen LogP contribution in [0.2, 0.25) is 0 Å². The molecule has 24 rings (SSSR count). The van der Waals surface area contributed by atoms with Gasteiger partial charge in [0.15, 0.2) is 37.7 Å². The molecule has 0 radical (unpaired) electrons. The lowest BCUT2D eigenvalue weighted by atomic mass is 9.50. The van der Waals surface area contributed by atoms with Gasteiger partial charge in [0.25, 0.3) is 0 Å². The van der Waals surface area contributed by atoms with E-state index in [1.807, 2.05) is 328 Å². The summed E-state index contributed by atoms with van der Waals surface area (Å²) < 4.78 is 93.7. The summed E-state index contributed by atoms with van der Waals surface area (Å²) in [4.78, 5) is 0. The molecule has 0 amide bonds. The molecule has 16 heteroatoms. The maximum Gasteiger partial charge on any atom is 0.197 e. The second-order valence-electron chi connectivity index (χ2n) is 44.3. The molecule has 790 valence electrons. The van der Waals surface area contributed by atoms with Crippen molar-refractivity contribution in [3.05, 3.63) is 328 Å². The Morgan fingerprint density at radius 2 is 0.604 bits per heavy atom. The average molecular weight is 2020 g/mol. The highest BCUT2D eigenvalue weighted by atomic mass is 16.7. The Morgan fingerprint density at radius 3 is 0.966 bits per heavy atom. The molecular formula is C133H162O16. The molecule has 149 heavy (non-hydrogen) atoms. The molecule has 16 atom stereocenters. The zero-order chi connectivity index (χ0) is 103. The van der Waals surface area contributed by atoms with Crippen LogP contribution in [-0.2, 0) is 28.4 Å². The largest absolute Gasteiger partial charge is 0.491 e. The zero-order valence-electron chi connectivity index (χ0n) is 89.3. The van der Waals surface area contributed by atoms with Crippen LogP contribution < -0.4 is 47.4 Å². The van der Waals surface area contributed by atoms with Crippen LogP contribution in [0.1, 0.15) is 230 Å². The van der Waals surface area contributed by atoms with Gasteiger partial charge in [-0.2, -0.15) is 0 Å². The van der Waals surface area contributed by atoms with E-state index in [2.05, 4.69) is 39.5 Å². The minimum Gasteiger partial charge on any atom is -0.491 e. The van der Waals surface area contributed by atoms with Gasteiger partial charge in [-0.15, -0.1) is 0 Å². The second-order valence-corrected chi connectivity index (χ2v) is 44.3. The van der Waals surface area contributed by atoms with Gasteiger partial charge < -0.3 is 75.8 Å². The number of allylic oxidation sites excluding steroid dienone is 1. The van der Waals surface area contributed by atoms with E-state index in [1.165, 1.54) is 135 Å². The molecule has 16 unspecified atom stereocenters. The molecule has 14 saturated carbocycles. The van der Waals surface area contributed by atoms with E-state index in [1.54, 1.807) is 18.9 Å². The Labute approximate surface area is 888 Å². The molecular weight excluding hydrogens is 1850 g/mol. The van der Waals surface area contributed by atoms with Crippen molar-refractivity contribution < 1.29 is 75.8 Å². The van der Waals surface area contributed by atoms with Gasteiger partial charge in [-0.1, -0.05) is 191 Å². The number of para-hydroxylation sites is 2. The Morgan fingerprint density at radius 1 is 0.282 bits per heavy atom. The number of benzene rings is 10. The van der Waals surface area contributed by atoms with Crippen molar-refractivity contribution in [2.75, 3.05) is 46.2 Å². The Balaban J connectivity index is 0.000000122. The summed E-state index contributed by atoms with van der Waals surface area (Å²) in [6, 6.07) is 81.9. The summed E-state index contributed by atoms with van der Waals surface area (Å²) in [6.45, 7) is 40.7. The molecule has 0 aromatic heterocycles. The normalized spacial score (nSPS) is 26.5. The van der Waals surface area contributed by atoms with E-state index < -0.39 is 0 Å². The van der Waals surface area contributed by atoms with Gasteiger partial charge >= 0.3 is 0 Å². The number of hydrogen-bond donors (Lipinski definition) is 0. The van der Waals surface area contributed by atoms with Crippen molar-refractivity contribution in [3.63, 3.8) is 0 Å². The molecule has 14 fully saturated rings. The molecule has 10 aromatic rings. The molecule has 14 bridgehead atoms. The summed E-state index contributed by atoms with van der Waals surface area (Å²) in [7, 11) is 0. The van der Waals surface area contributed by atoms with Gasteiger partial charge in [0.1, 0.15) is 82.2 Å². The van der Waals surface area contributed by atoms with Gasteiger partial charge in [-0.3, -0.25) is 0 Å². The topological polar surface area (TPSA) is 148 Å². The van der Waals surface area contributed by atoms with Crippen LogP contribution in [0.3, 0.4) is 0 Å². The minimum absolute atomic E-state index is 0.106. The van der Waals surface area contributed by atoms with Crippen molar-refractivity contribution in [2.45, 2.75) is 239 Å². The first-order chi connectivity index (χ1) is 72.6. The molecule has 0 heterocycles. The summed E-state index contributed by atoms with van der Waals surface area (Å²) in [5, 5.41) is 0. The number of fused-ring (bicyclic) bond motifs is 11. The van der Waals surface area contributed by atoms with Gasteiger partial charge in [0, 0.05) is 0 Å². The van der Waals surface area contributed by atoms with Crippen LogP contribution in [0, 0.1) is 100 Å². The maximum absolute atomic E-state index is 6.47. The standard InChI is InChI=1S/C25H26O4.C24H24O4.C24H32O2.C21H28O2.C20H26O2.C19H26O2/c1-19(2)21-9-11-24(12-10-21)28-20(3)26-17-18-27-22-13-15-25(16-14-22)29-23-7-5-4-6-8-23;1-3-20-9-11-23(12-10-20)27-19(2)25-17-18-26-21-13-15-24(16-14-21)28-22-7-5-4-6-8-22;1-3-16-4-8-21(9-5-16)26-15(2)25-11-10-17-12-20-14-22(17)24-19-7-6-18(13-19)23(20)24;1-3-16-4-6-20(7-5-16)23-15(2)22-14-21-11-17-8-18(12-21)10-19(9-17)13-21;1-3-15-4-6-19(7-5-15)21-14(2)22-20-11-16-8-17(12-20)10-18(9-16)13-20;1-3-15-5-8-19(9-6-15)21-14(2)20-11-10-18-13-16-4-7-17(18)12-16/h4-16,20H,1,17-18H2,2-3H3;3-16,19H,1,17-18H2,2H3;3-5,8-9,15,17-20,22-24H,1,6-7,10-14H2,2H3;3-7,15,17-19H,1,8-14H2,2H3;3-7,14,16-18H,1,8-13H2,2H3;3,5-6,8-9,14,16-18H,1,4,7,10-13H2,2H3. The lowest BCUT2D eigenvalue weighted by Crippen LogP contribution is -2.53. The highest BCUT2D eigenvalue weighted by Crippen LogP contribution is 2.70. The van der Waals surface area contributed by atoms with E-state index in [-0.39, 0.29) is 43.3 Å². The van der Waals surface area contributed by atoms with E-state index >= 15 is 0 Å². The summed E-state index contributed by atoms with van der Waals surface area (Å²) in [5.74, 6) is 25.6. The third kappa shape index (κ3) is 31.6. The fraction of sp³-hybridized carbons (Fsp3) is 0.459. The van der Waals surface area contributed by atoms with Gasteiger partial charge in [0.2, 0.25) is 0 Å². The summed E-state index contributed by atoms with van der Waals surface area (Å²) in [5.41, 5.74) is 8.18. The van der Waals surface area contributed by atoms with Crippen molar-refractivity contribution in [3.8, 4) is 69.0 Å². The smallest absolute Gasteiger partial charge is 0.197 e. The molecule has 0 N–H and O–H groups in total. The molecule has 16 nitrogen and oxygen atoms in total. The lowest BCUT2D eigenvalue weighted by Gasteiger charge is -2.56. The molecule has 0 saturated heterocycles. The Bertz CT molecular complexity index is 5700. The number of ether oxygens (including phenoxy) is 16. The van der Waals surface area contributed by atoms with Crippen molar-refractivity contribution in [1.82, 2.24) is 0 Å². The van der Waals surface area contributed by atoms with Crippen LogP contribution in [0.15, 0.2) is 294 Å². The Hall–Kier alpha value is -11.6. The van der Waals surface area contributed by atoms with Crippen molar-refractivity contribution >= 4 is 36.0 Å². The first-order valence-electron chi connectivity index (χ1n) is 55.6. The third-order valence-corrected chi connectivity index (χ3v) is 33.4. The van der Waals surface area contributed by atoms with E-state index in [0.717, 1.165) is 222 Å². The quantitative estimate of drug-likeness (QED) is 0.0202. The van der Waals surface area contributed by atoms with Crippen LogP contribution in [0.5, 0.6) is 69.0 Å². The molecule has 10 aromatic carbocycles. The number of rotatable bonds is 45. The summed E-state index contributed by atoms with van der Waals surface area (Å²) >= 11 is 0. The monoisotopic (exact) mass is 2020 g/mol. The van der Waals surface area contributed by atoms with Crippen molar-refractivity contribution in [1.29, 1.82) is 0 Å². The third-order valence-electron chi connectivity index (χ3n) is 33.4. The van der Waals surface area contributed by atoms with Crippen molar-refractivity contribution in [2.24, 2.45) is 100 Å². The van der Waals surface area contributed by atoms with E-state index in [0.29, 0.717) is 31.8 Å². The minimum atomic E-state index is -0.365. The van der Waals surface area contributed by atoms with Crippen LogP contribution >= 0.6 is 0 Å². The van der Waals surface area contributed by atoms with E-state index in [9.17, 15) is 0 Å². The predicted octanol–water partition coefficient (Wildman–Crippen LogP) is 33.3. The van der Waals surface area contributed by atoms with Gasteiger partial charge in [-0.05, 0) is 469 Å². The first kappa shape index (κ1) is 109. The highest BCUT2D eigenvalue weighted by molar-refractivity contribution is 5.62. The van der Waals surface area contributed by atoms with Crippen LogP contribution in [0.25, 0.3) is 36.0 Å². The molecule has 14 aliphatic rings. The van der Waals surface area contributed by atoms with Gasteiger partial charge in [-0.25, -0.2) is 0 Å². The molecule has 0 aliphatic heterocycles. The fourth-order valence-electron chi connectivity index (χ4n) is 27.6.